The SMILES string of the molecule is CCOc1cccc(-n2ccc(C(N)=O)n2)c1N. The van der Waals surface area contributed by atoms with Gasteiger partial charge in [0.2, 0.25) is 0 Å². The van der Waals surface area contributed by atoms with Crippen LogP contribution in [0, 0.1) is 0 Å². The predicted octanol–water partition coefficient (Wildman–Crippen LogP) is 0.952. The van der Waals surface area contributed by atoms with Crippen molar-refractivity contribution in [2.24, 2.45) is 5.73 Å². The van der Waals surface area contributed by atoms with Crippen molar-refractivity contribution >= 4 is 11.6 Å². The van der Waals surface area contributed by atoms with Crippen LogP contribution in [0.1, 0.15) is 17.4 Å². The molecule has 0 aliphatic rings. The van der Waals surface area contributed by atoms with Crippen LogP contribution in [0.2, 0.25) is 0 Å². The van der Waals surface area contributed by atoms with Crippen molar-refractivity contribution in [3.63, 3.8) is 0 Å². The first-order chi connectivity index (χ1) is 8.63. The number of benzene rings is 1. The Labute approximate surface area is 104 Å². The third-order valence-corrected chi connectivity index (χ3v) is 2.43. The van der Waals surface area contributed by atoms with Crippen LogP contribution in [0.25, 0.3) is 5.69 Å². The van der Waals surface area contributed by atoms with Gasteiger partial charge in [0.1, 0.15) is 17.1 Å². The minimum Gasteiger partial charge on any atom is -0.492 e. The minimum atomic E-state index is -0.576. The number of hydrogen-bond acceptors (Lipinski definition) is 4. The van der Waals surface area contributed by atoms with Crippen molar-refractivity contribution < 1.29 is 9.53 Å². The summed E-state index contributed by atoms with van der Waals surface area (Å²) >= 11 is 0. The maximum absolute atomic E-state index is 11.0. The number of amides is 1. The Morgan fingerprint density at radius 2 is 2.22 bits per heavy atom. The molecule has 4 N–H and O–H groups in total. The number of carbonyl (C=O) groups is 1. The number of para-hydroxylation sites is 1. The molecule has 6 heteroatoms. The molecule has 2 aromatic rings. The van der Waals surface area contributed by atoms with Crippen LogP contribution in [0.4, 0.5) is 5.69 Å². The largest absolute Gasteiger partial charge is 0.492 e. The molecular weight excluding hydrogens is 232 g/mol. The standard InChI is InChI=1S/C12H14N4O2/c1-2-18-10-5-3-4-9(11(10)13)16-7-6-8(15-16)12(14)17/h3-7H,2,13H2,1H3,(H2,14,17). The second-order valence-electron chi connectivity index (χ2n) is 3.63. The van der Waals surface area contributed by atoms with Crippen LogP contribution in [-0.4, -0.2) is 22.3 Å². The highest BCUT2D eigenvalue weighted by Gasteiger charge is 2.10. The summed E-state index contributed by atoms with van der Waals surface area (Å²) in [6.45, 7) is 2.41. The number of nitrogens with zero attached hydrogens (tertiary/aromatic N) is 2. The summed E-state index contributed by atoms with van der Waals surface area (Å²) in [7, 11) is 0. The normalized spacial score (nSPS) is 10.3. The van der Waals surface area contributed by atoms with Crippen molar-refractivity contribution in [3.8, 4) is 11.4 Å². The molecule has 18 heavy (non-hydrogen) atoms. The zero-order valence-electron chi connectivity index (χ0n) is 9.96. The molecule has 6 nitrogen and oxygen atoms in total. The van der Waals surface area contributed by atoms with Gasteiger partial charge >= 0.3 is 0 Å². The van der Waals surface area contributed by atoms with Crippen molar-refractivity contribution in [1.82, 2.24) is 9.78 Å². The molecule has 0 unspecified atom stereocenters. The van der Waals surface area contributed by atoms with Gasteiger partial charge in [-0.05, 0) is 25.1 Å². The molecular formula is C12H14N4O2. The lowest BCUT2D eigenvalue weighted by Gasteiger charge is -2.10. The molecule has 0 fully saturated rings. The number of hydrogen-bond donors (Lipinski definition) is 2. The van der Waals surface area contributed by atoms with Crippen molar-refractivity contribution in [2.45, 2.75) is 6.92 Å². The monoisotopic (exact) mass is 246 g/mol. The summed E-state index contributed by atoms with van der Waals surface area (Å²) in [4.78, 5) is 11.0. The van der Waals surface area contributed by atoms with E-state index in [1.54, 1.807) is 18.3 Å². The Kier molecular flexibility index (Phi) is 3.18. The molecule has 1 aromatic carbocycles. The topological polar surface area (TPSA) is 96.2 Å². The summed E-state index contributed by atoms with van der Waals surface area (Å²) < 4.78 is 6.89. The quantitative estimate of drug-likeness (QED) is 0.785. The highest BCUT2D eigenvalue weighted by Crippen LogP contribution is 2.27. The van der Waals surface area contributed by atoms with Crippen LogP contribution >= 0.6 is 0 Å². The molecule has 2 rings (SSSR count). The van der Waals surface area contributed by atoms with Gasteiger partial charge in [0.25, 0.3) is 5.91 Å². The van der Waals surface area contributed by atoms with E-state index < -0.39 is 5.91 Å². The third kappa shape index (κ3) is 2.13. The summed E-state index contributed by atoms with van der Waals surface area (Å²) in [5, 5.41) is 4.05. The number of carbonyl (C=O) groups excluding carboxylic acids is 1. The van der Waals surface area contributed by atoms with Crippen LogP contribution in [0.3, 0.4) is 0 Å². The number of nitrogens with two attached hydrogens (primary N) is 2. The fourth-order valence-electron chi connectivity index (χ4n) is 1.60. The fourth-order valence-corrected chi connectivity index (χ4v) is 1.60. The molecule has 0 radical (unpaired) electrons. The van der Waals surface area contributed by atoms with Crippen LogP contribution in [0.15, 0.2) is 30.5 Å². The predicted molar refractivity (Wildman–Crippen MR) is 67.7 cm³/mol. The van der Waals surface area contributed by atoms with Crippen LogP contribution in [-0.2, 0) is 0 Å². The lowest BCUT2D eigenvalue weighted by Crippen LogP contribution is -2.12. The molecule has 1 heterocycles. The first kappa shape index (κ1) is 12.0. The molecule has 1 amide bonds. The molecule has 0 spiro atoms. The van der Waals surface area contributed by atoms with Crippen molar-refractivity contribution in [2.75, 3.05) is 12.3 Å². The van der Waals surface area contributed by atoms with Gasteiger partial charge in [-0.3, -0.25) is 4.79 Å². The van der Waals surface area contributed by atoms with Crippen molar-refractivity contribution in [3.05, 3.63) is 36.2 Å². The molecule has 94 valence electrons. The molecule has 0 saturated heterocycles. The van der Waals surface area contributed by atoms with E-state index in [4.69, 9.17) is 16.2 Å². The lowest BCUT2D eigenvalue weighted by atomic mass is 10.2. The number of aromatic nitrogens is 2. The first-order valence-electron chi connectivity index (χ1n) is 5.50. The summed E-state index contributed by atoms with van der Waals surface area (Å²) in [5.41, 5.74) is 12.4. The van der Waals surface area contributed by atoms with Gasteiger partial charge in [0.15, 0.2) is 0 Å². The molecule has 0 aliphatic carbocycles. The molecule has 0 bridgehead atoms. The minimum absolute atomic E-state index is 0.191. The van der Waals surface area contributed by atoms with E-state index in [0.29, 0.717) is 23.7 Å². The second-order valence-corrected chi connectivity index (χ2v) is 3.63. The maximum Gasteiger partial charge on any atom is 0.269 e. The van der Waals surface area contributed by atoms with E-state index in [0.717, 1.165) is 0 Å². The zero-order valence-corrected chi connectivity index (χ0v) is 9.96. The summed E-state index contributed by atoms with van der Waals surface area (Å²) in [6.07, 6.45) is 1.63. The fraction of sp³-hybridized carbons (Fsp3) is 0.167. The van der Waals surface area contributed by atoms with E-state index in [-0.39, 0.29) is 5.69 Å². The first-order valence-corrected chi connectivity index (χ1v) is 5.50. The van der Waals surface area contributed by atoms with Crippen LogP contribution in [0.5, 0.6) is 5.75 Å². The van der Waals surface area contributed by atoms with Gasteiger partial charge in [-0.25, -0.2) is 4.68 Å². The van der Waals surface area contributed by atoms with Gasteiger partial charge < -0.3 is 16.2 Å². The van der Waals surface area contributed by atoms with Gasteiger partial charge in [0.05, 0.1) is 12.3 Å². The van der Waals surface area contributed by atoms with Gasteiger partial charge in [-0.1, -0.05) is 6.07 Å². The number of nitrogen functional groups attached to an aromatic ring is 1. The highest BCUT2D eigenvalue weighted by atomic mass is 16.5. The van der Waals surface area contributed by atoms with E-state index >= 15 is 0 Å². The Bertz CT molecular complexity index is 577. The molecule has 0 atom stereocenters. The van der Waals surface area contributed by atoms with E-state index in [9.17, 15) is 4.79 Å². The van der Waals surface area contributed by atoms with Gasteiger partial charge in [-0.15, -0.1) is 0 Å². The maximum atomic E-state index is 11.0. The van der Waals surface area contributed by atoms with E-state index in [1.165, 1.54) is 10.7 Å². The number of ether oxygens (including phenoxy) is 1. The van der Waals surface area contributed by atoms with Gasteiger partial charge in [-0.2, -0.15) is 5.10 Å². The van der Waals surface area contributed by atoms with Crippen molar-refractivity contribution in [1.29, 1.82) is 0 Å². The average Bonchev–Trinajstić information content (AvgIpc) is 2.81. The summed E-state index contributed by atoms with van der Waals surface area (Å²) in [5.74, 6) is 0.0133. The Balaban J connectivity index is 2.43. The summed E-state index contributed by atoms with van der Waals surface area (Å²) in [6, 6.07) is 6.91. The average molecular weight is 246 g/mol. The lowest BCUT2D eigenvalue weighted by molar-refractivity contribution is 0.0995. The number of rotatable bonds is 4. The van der Waals surface area contributed by atoms with E-state index in [1.807, 2.05) is 13.0 Å². The zero-order chi connectivity index (χ0) is 13.1. The molecule has 1 aromatic heterocycles. The highest BCUT2D eigenvalue weighted by molar-refractivity contribution is 5.90. The second kappa shape index (κ2) is 4.79. The Morgan fingerprint density at radius 3 is 2.83 bits per heavy atom. The van der Waals surface area contributed by atoms with E-state index in [2.05, 4.69) is 5.10 Å². The third-order valence-electron chi connectivity index (χ3n) is 2.43. The van der Waals surface area contributed by atoms with Crippen LogP contribution < -0.4 is 16.2 Å². The number of anilines is 1. The smallest absolute Gasteiger partial charge is 0.269 e. The molecule has 0 saturated carbocycles. The van der Waals surface area contributed by atoms with Gasteiger partial charge in [0, 0.05) is 6.20 Å². The Hall–Kier alpha value is -2.50. The molecule has 0 aliphatic heterocycles. The number of primary amides is 1. The Morgan fingerprint density at radius 1 is 1.44 bits per heavy atom.